The van der Waals surface area contributed by atoms with Gasteiger partial charge in [-0.1, -0.05) is 13.0 Å². The van der Waals surface area contributed by atoms with Crippen molar-refractivity contribution in [2.24, 2.45) is 0 Å². The zero-order valence-electron chi connectivity index (χ0n) is 10.5. The van der Waals surface area contributed by atoms with Crippen molar-refractivity contribution in [3.63, 3.8) is 0 Å². The minimum atomic E-state index is -0.612. The Morgan fingerprint density at radius 1 is 1.65 bits per heavy atom. The van der Waals surface area contributed by atoms with Crippen LogP contribution in [0.4, 0.5) is 0 Å². The molecule has 0 fully saturated rings. The summed E-state index contributed by atoms with van der Waals surface area (Å²) in [6.45, 7) is 4.79. The first kappa shape index (κ1) is 14.5. The van der Waals surface area contributed by atoms with Crippen LogP contribution in [0.3, 0.4) is 0 Å². The lowest BCUT2D eigenvalue weighted by molar-refractivity contribution is -0.146. The molecule has 0 aliphatic heterocycles. The molecule has 0 saturated carbocycles. The van der Waals surface area contributed by atoms with Gasteiger partial charge in [0, 0.05) is 5.75 Å². The normalized spacial score (nSPS) is 14.3. The topological polar surface area (TPSA) is 38.3 Å². The first-order chi connectivity index (χ1) is 8.12. The van der Waals surface area contributed by atoms with Gasteiger partial charge in [-0.2, -0.15) is 0 Å². The number of thioether (sulfide) groups is 1. The summed E-state index contributed by atoms with van der Waals surface area (Å²) in [5.41, 5.74) is -0.612. The molecule has 96 valence electrons. The van der Waals surface area contributed by atoms with Crippen LogP contribution in [0.15, 0.2) is 21.7 Å². The SMILES string of the molecule is CCCNC(C)(CSc1cccs1)C(=O)OC. The van der Waals surface area contributed by atoms with Crippen LogP contribution in [0.2, 0.25) is 0 Å². The average Bonchev–Trinajstić information content (AvgIpc) is 2.86. The molecule has 1 rings (SSSR count). The monoisotopic (exact) mass is 273 g/mol. The van der Waals surface area contributed by atoms with E-state index in [2.05, 4.69) is 18.3 Å². The molecule has 0 amide bonds. The predicted molar refractivity (Wildman–Crippen MR) is 73.8 cm³/mol. The van der Waals surface area contributed by atoms with Crippen LogP contribution in [0.5, 0.6) is 0 Å². The highest BCUT2D eigenvalue weighted by molar-refractivity contribution is 8.01. The van der Waals surface area contributed by atoms with Gasteiger partial charge in [-0.05, 0) is 31.3 Å². The molecule has 1 atom stereocenters. The van der Waals surface area contributed by atoms with E-state index >= 15 is 0 Å². The van der Waals surface area contributed by atoms with Crippen molar-refractivity contribution in [2.75, 3.05) is 19.4 Å². The molecule has 5 heteroatoms. The zero-order chi connectivity index (χ0) is 12.7. The number of carbonyl (C=O) groups is 1. The molecular formula is C12H19NO2S2. The molecule has 0 radical (unpaired) electrons. The number of nitrogens with one attached hydrogen (secondary N) is 1. The summed E-state index contributed by atoms with van der Waals surface area (Å²) in [4.78, 5) is 11.8. The fourth-order valence-electron chi connectivity index (χ4n) is 1.37. The third-order valence-electron chi connectivity index (χ3n) is 2.40. The minimum Gasteiger partial charge on any atom is -0.468 e. The maximum Gasteiger partial charge on any atom is 0.326 e. The van der Waals surface area contributed by atoms with Crippen LogP contribution in [0, 0.1) is 0 Å². The summed E-state index contributed by atoms with van der Waals surface area (Å²) >= 11 is 3.37. The van der Waals surface area contributed by atoms with E-state index in [4.69, 9.17) is 4.74 Å². The Labute approximate surface area is 111 Å². The lowest BCUT2D eigenvalue weighted by Crippen LogP contribution is -2.52. The Morgan fingerprint density at radius 2 is 2.41 bits per heavy atom. The first-order valence-corrected chi connectivity index (χ1v) is 7.48. The van der Waals surface area contributed by atoms with Gasteiger partial charge in [0.25, 0.3) is 0 Å². The Morgan fingerprint density at radius 3 is 2.94 bits per heavy atom. The fourth-order valence-corrected chi connectivity index (χ4v) is 3.26. The minimum absolute atomic E-state index is 0.199. The number of thiophene rings is 1. The highest BCUT2D eigenvalue weighted by Gasteiger charge is 2.33. The first-order valence-electron chi connectivity index (χ1n) is 5.62. The number of rotatable bonds is 7. The summed E-state index contributed by atoms with van der Waals surface area (Å²) in [6, 6.07) is 4.08. The Hall–Kier alpha value is -0.520. The number of hydrogen-bond acceptors (Lipinski definition) is 5. The van der Waals surface area contributed by atoms with Gasteiger partial charge in [0.05, 0.1) is 11.3 Å². The van der Waals surface area contributed by atoms with E-state index in [1.807, 2.05) is 18.4 Å². The highest BCUT2D eigenvalue weighted by atomic mass is 32.2. The highest BCUT2D eigenvalue weighted by Crippen LogP contribution is 2.27. The van der Waals surface area contributed by atoms with Crippen molar-refractivity contribution in [1.82, 2.24) is 5.32 Å². The van der Waals surface area contributed by atoms with Crippen LogP contribution in [0.25, 0.3) is 0 Å². The molecule has 0 aliphatic rings. The fraction of sp³-hybridized carbons (Fsp3) is 0.583. The smallest absolute Gasteiger partial charge is 0.326 e. The van der Waals surface area contributed by atoms with Crippen molar-refractivity contribution in [3.8, 4) is 0 Å². The summed E-state index contributed by atoms with van der Waals surface area (Å²) in [5, 5.41) is 5.31. The largest absolute Gasteiger partial charge is 0.468 e. The molecule has 0 saturated heterocycles. The number of methoxy groups -OCH3 is 1. The summed E-state index contributed by atoms with van der Waals surface area (Å²) in [6.07, 6.45) is 0.996. The molecule has 1 N–H and O–H groups in total. The van der Waals surface area contributed by atoms with Crippen LogP contribution < -0.4 is 5.32 Å². The van der Waals surface area contributed by atoms with Crippen LogP contribution in [-0.2, 0) is 9.53 Å². The Balaban J connectivity index is 2.59. The quantitative estimate of drug-likeness (QED) is 0.612. The molecule has 1 heterocycles. The van der Waals surface area contributed by atoms with E-state index < -0.39 is 5.54 Å². The van der Waals surface area contributed by atoms with Crippen molar-refractivity contribution >= 4 is 29.1 Å². The lowest BCUT2D eigenvalue weighted by Gasteiger charge is -2.27. The number of hydrogen-bond donors (Lipinski definition) is 1. The van der Waals surface area contributed by atoms with Crippen molar-refractivity contribution in [2.45, 2.75) is 30.0 Å². The van der Waals surface area contributed by atoms with E-state index in [0.717, 1.165) is 13.0 Å². The van der Waals surface area contributed by atoms with E-state index in [9.17, 15) is 4.79 Å². The molecule has 0 aromatic carbocycles. The number of esters is 1. The summed E-state index contributed by atoms with van der Waals surface area (Å²) in [7, 11) is 1.43. The molecule has 1 aromatic rings. The summed E-state index contributed by atoms with van der Waals surface area (Å²) < 4.78 is 6.09. The van der Waals surface area contributed by atoms with Crippen LogP contribution in [0.1, 0.15) is 20.3 Å². The molecular weight excluding hydrogens is 254 g/mol. The van der Waals surface area contributed by atoms with Crippen molar-refractivity contribution in [1.29, 1.82) is 0 Å². The average molecular weight is 273 g/mol. The summed E-state index contributed by atoms with van der Waals surface area (Å²) in [5.74, 6) is 0.482. The van der Waals surface area contributed by atoms with E-state index in [1.54, 1.807) is 23.1 Å². The third-order valence-corrected chi connectivity index (χ3v) is 4.85. The van der Waals surface area contributed by atoms with Gasteiger partial charge in [-0.25, -0.2) is 0 Å². The van der Waals surface area contributed by atoms with Gasteiger partial charge in [0.2, 0.25) is 0 Å². The van der Waals surface area contributed by atoms with Gasteiger partial charge in [-0.3, -0.25) is 4.79 Å². The maximum atomic E-state index is 11.8. The predicted octanol–water partition coefficient (Wildman–Crippen LogP) is 2.77. The molecule has 3 nitrogen and oxygen atoms in total. The molecule has 1 aromatic heterocycles. The van der Waals surface area contributed by atoms with Gasteiger partial charge >= 0.3 is 5.97 Å². The molecule has 17 heavy (non-hydrogen) atoms. The molecule has 0 aliphatic carbocycles. The van der Waals surface area contributed by atoms with Crippen molar-refractivity contribution in [3.05, 3.63) is 17.5 Å². The van der Waals surface area contributed by atoms with E-state index in [1.165, 1.54) is 11.3 Å². The second kappa shape index (κ2) is 7.03. The van der Waals surface area contributed by atoms with Gasteiger partial charge in [-0.15, -0.1) is 23.1 Å². The molecule has 0 spiro atoms. The van der Waals surface area contributed by atoms with Crippen LogP contribution >= 0.6 is 23.1 Å². The maximum absolute atomic E-state index is 11.8. The molecule has 0 bridgehead atoms. The van der Waals surface area contributed by atoms with E-state index in [-0.39, 0.29) is 5.97 Å². The second-order valence-electron chi connectivity index (χ2n) is 3.97. The van der Waals surface area contributed by atoms with Gasteiger partial charge < -0.3 is 10.1 Å². The lowest BCUT2D eigenvalue weighted by atomic mass is 10.1. The van der Waals surface area contributed by atoms with Crippen LogP contribution in [-0.4, -0.2) is 30.9 Å². The number of ether oxygens (including phenoxy) is 1. The van der Waals surface area contributed by atoms with Crippen molar-refractivity contribution < 1.29 is 9.53 Å². The van der Waals surface area contributed by atoms with Gasteiger partial charge in [0.15, 0.2) is 0 Å². The van der Waals surface area contributed by atoms with E-state index in [0.29, 0.717) is 5.75 Å². The third kappa shape index (κ3) is 4.33. The van der Waals surface area contributed by atoms with Gasteiger partial charge in [0.1, 0.15) is 5.54 Å². The Bertz CT molecular complexity index is 340. The standard InChI is InChI=1S/C12H19NO2S2/c1-4-7-13-12(2,11(14)15-3)9-17-10-6-5-8-16-10/h5-6,8,13H,4,7,9H2,1-3H3. The Kier molecular flexibility index (Phi) is 6.02. The zero-order valence-corrected chi connectivity index (χ0v) is 12.1. The number of carbonyl (C=O) groups excluding carboxylic acids is 1. The second-order valence-corrected chi connectivity index (χ2v) is 6.19. The molecule has 1 unspecified atom stereocenters.